The Balaban J connectivity index is 1.50. The van der Waals surface area contributed by atoms with Gasteiger partial charge in [-0.2, -0.15) is 5.10 Å². The number of thiazole rings is 1. The van der Waals surface area contributed by atoms with Gasteiger partial charge in [-0.3, -0.25) is 10.1 Å². The van der Waals surface area contributed by atoms with Gasteiger partial charge < -0.3 is 0 Å². The second-order valence-electron chi connectivity index (χ2n) is 5.94. The van der Waals surface area contributed by atoms with Crippen molar-refractivity contribution in [2.45, 2.75) is 13.8 Å². The molecule has 0 bridgehead atoms. The second-order valence-corrected chi connectivity index (χ2v) is 8.26. The molecule has 4 rings (SSSR count). The summed E-state index contributed by atoms with van der Waals surface area (Å²) in [7, 11) is 0. The highest BCUT2D eigenvalue weighted by Crippen LogP contribution is 2.32. The molecule has 0 fully saturated rings. The van der Waals surface area contributed by atoms with E-state index in [2.05, 4.69) is 35.3 Å². The Morgan fingerprint density at radius 3 is 2.67 bits per heavy atom. The van der Waals surface area contributed by atoms with Crippen LogP contribution < -0.4 is 5.32 Å². The van der Waals surface area contributed by atoms with Gasteiger partial charge in [0.2, 0.25) is 0 Å². The monoisotopic (exact) mass is 398 g/mol. The molecule has 0 saturated heterocycles. The van der Waals surface area contributed by atoms with Crippen LogP contribution in [-0.2, 0) is 0 Å². The minimum absolute atomic E-state index is 0.263. The number of carbonyl (C=O) groups is 1. The quantitative estimate of drug-likeness (QED) is 0.522. The molecule has 0 aliphatic carbocycles. The molecule has 1 N–H and O–H groups in total. The zero-order chi connectivity index (χ0) is 19.0. The molecule has 3 heterocycles. The van der Waals surface area contributed by atoms with Gasteiger partial charge in [0.05, 0.1) is 11.4 Å². The average molecular weight is 398 g/mol. The number of amides is 1. The molecule has 1 aromatic carbocycles. The van der Waals surface area contributed by atoms with E-state index in [0.717, 1.165) is 11.3 Å². The second kappa shape index (κ2) is 7.05. The molecule has 0 unspecified atom stereocenters. The molecule has 4 aromatic rings. The van der Waals surface area contributed by atoms with Crippen molar-refractivity contribution in [3.05, 3.63) is 69.2 Å². The molecule has 0 aliphatic heterocycles. The van der Waals surface area contributed by atoms with Crippen LogP contribution in [0.3, 0.4) is 0 Å². The summed E-state index contributed by atoms with van der Waals surface area (Å²) in [5.74, 6) is -0.658. The van der Waals surface area contributed by atoms with Gasteiger partial charge in [0.15, 0.2) is 10.8 Å². The topological polar surface area (TPSA) is 59.8 Å². The maximum Gasteiger partial charge on any atom is 0.277 e. The Morgan fingerprint density at radius 2 is 1.96 bits per heavy atom. The van der Waals surface area contributed by atoms with Crippen molar-refractivity contribution >= 4 is 33.7 Å². The van der Waals surface area contributed by atoms with Crippen LogP contribution in [0, 0.1) is 19.7 Å². The SMILES string of the molecule is Cc1cc(-c2csc(NC(=O)c3ccn(-c4ccc(F)cc4)n3)n2)c(C)s1. The van der Waals surface area contributed by atoms with Crippen LogP contribution in [0.4, 0.5) is 9.52 Å². The number of carbonyl (C=O) groups excluding carboxylic acids is 1. The highest BCUT2D eigenvalue weighted by molar-refractivity contribution is 7.14. The van der Waals surface area contributed by atoms with Gasteiger partial charge in [-0.25, -0.2) is 14.1 Å². The molecular formula is C19H15FN4OS2. The number of nitrogens with one attached hydrogen (secondary N) is 1. The third-order valence-corrected chi connectivity index (χ3v) is 5.68. The molecular weight excluding hydrogens is 383 g/mol. The first-order valence-electron chi connectivity index (χ1n) is 8.15. The number of hydrogen-bond acceptors (Lipinski definition) is 5. The summed E-state index contributed by atoms with van der Waals surface area (Å²) in [5.41, 5.74) is 2.89. The maximum absolute atomic E-state index is 13.0. The molecule has 0 radical (unpaired) electrons. The van der Waals surface area contributed by atoms with E-state index >= 15 is 0 Å². The lowest BCUT2D eigenvalue weighted by Gasteiger charge is -2.01. The molecule has 136 valence electrons. The van der Waals surface area contributed by atoms with Gasteiger partial charge in [-0.05, 0) is 50.2 Å². The Morgan fingerprint density at radius 1 is 1.19 bits per heavy atom. The van der Waals surface area contributed by atoms with Gasteiger partial charge in [0.1, 0.15) is 5.82 Å². The van der Waals surface area contributed by atoms with Crippen LogP contribution in [0.5, 0.6) is 0 Å². The first kappa shape index (κ1) is 17.6. The van der Waals surface area contributed by atoms with E-state index in [9.17, 15) is 9.18 Å². The van der Waals surface area contributed by atoms with Crippen LogP contribution in [0.15, 0.2) is 48.0 Å². The van der Waals surface area contributed by atoms with Gasteiger partial charge in [0.25, 0.3) is 5.91 Å². The highest BCUT2D eigenvalue weighted by Gasteiger charge is 2.14. The summed E-state index contributed by atoms with van der Waals surface area (Å²) in [6, 6.07) is 9.61. The van der Waals surface area contributed by atoms with Crippen molar-refractivity contribution in [2.75, 3.05) is 5.32 Å². The van der Waals surface area contributed by atoms with Crippen LogP contribution in [0.2, 0.25) is 0 Å². The highest BCUT2D eigenvalue weighted by atomic mass is 32.1. The number of hydrogen-bond donors (Lipinski definition) is 1. The van der Waals surface area contributed by atoms with Crippen LogP contribution in [0.25, 0.3) is 16.9 Å². The predicted octanol–water partition coefficient (Wildman–Crippen LogP) is 5.07. The lowest BCUT2D eigenvalue weighted by molar-refractivity contribution is 0.102. The third-order valence-electron chi connectivity index (χ3n) is 3.95. The summed E-state index contributed by atoms with van der Waals surface area (Å²) in [4.78, 5) is 19.4. The predicted molar refractivity (Wildman–Crippen MR) is 106 cm³/mol. The molecule has 3 aromatic heterocycles. The maximum atomic E-state index is 13.0. The number of thiophene rings is 1. The van der Waals surface area contributed by atoms with E-state index in [1.807, 2.05) is 5.38 Å². The van der Waals surface area contributed by atoms with Gasteiger partial charge in [0, 0.05) is 26.9 Å². The van der Waals surface area contributed by atoms with Crippen molar-refractivity contribution < 1.29 is 9.18 Å². The standard InChI is InChI=1S/C19H15FN4OS2/c1-11-9-15(12(2)27-11)17-10-26-19(21-17)22-18(25)16-7-8-24(23-16)14-5-3-13(20)4-6-14/h3-10H,1-2H3,(H,21,22,25). The Hall–Kier alpha value is -2.84. The van der Waals surface area contributed by atoms with Crippen molar-refractivity contribution in [3.8, 4) is 16.9 Å². The van der Waals surface area contributed by atoms with E-state index in [1.54, 1.807) is 35.7 Å². The summed E-state index contributed by atoms with van der Waals surface area (Å²) < 4.78 is 14.6. The summed E-state index contributed by atoms with van der Waals surface area (Å²) in [5, 5.41) is 9.49. The smallest absolute Gasteiger partial charge is 0.277 e. The fourth-order valence-electron chi connectivity index (χ4n) is 2.68. The zero-order valence-corrected chi connectivity index (χ0v) is 16.2. The number of aromatic nitrogens is 3. The van der Waals surface area contributed by atoms with Crippen LogP contribution in [-0.4, -0.2) is 20.7 Å². The molecule has 0 saturated carbocycles. The number of halogens is 1. The molecule has 8 heteroatoms. The van der Waals surface area contributed by atoms with Gasteiger partial charge in [-0.15, -0.1) is 22.7 Å². The van der Waals surface area contributed by atoms with Crippen molar-refractivity contribution in [1.29, 1.82) is 0 Å². The number of rotatable bonds is 4. The molecule has 1 amide bonds. The molecule has 0 aliphatic rings. The molecule has 0 spiro atoms. The van der Waals surface area contributed by atoms with Gasteiger partial charge in [-0.1, -0.05) is 0 Å². The van der Waals surface area contributed by atoms with E-state index < -0.39 is 0 Å². The first-order chi connectivity index (χ1) is 13.0. The first-order valence-corrected chi connectivity index (χ1v) is 9.85. The number of aryl methyl sites for hydroxylation is 2. The van der Waals surface area contributed by atoms with Crippen molar-refractivity contribution in [1.82, 2.24) is 14.8 Å². The van der Waals surface area contributed by atoms with E-state index in [-0.39, 0.29) is 17.4 Å². The minimum Gasteiger partial charge on any atom is -0.296 e. The Kier molecular flexibility index (Phi) is 4.59. The van der Waals surface area contributed by atoms with Crippen molar-refractivity contribution in [3.63, 3.8) is 0 Å². The molecule has 27 heavy (non-hydrogen) atoms. The lowest BCUT2D eigenvalue weighted by atomic mass is 10.2. The summed E-state index contributed by atoms with van der Waals surface area (Å²) in [6.07, 6.45) is 1.66. The molecule has 0 atom stereocenters. The number of nitrogens with zero attached hydrogens (tertiary/aromatic N) is 3. The van der Waals surface area contributed by atoms with Gasteiger partial charge >= 0.3 is 0 Å². The largest absolute Gasteiger partial charge is 0.296 e. The number of benzene rings is 1. The normalized spacial score (nSPS) is 10.9. The van der Waals surface area contributed by atoms with Crippen LogP contribution >= 0.6 is 22.7 Å². The Bertz CT molecular complexity index is 1110. The zero-order valence-electron chi connectivity index (χ0n) is 14.6. The average Bonchev–Trinajstić information content (AvgIpc) is 3.35. The number of anilines is 1. The van der Waals surface area contributed by atoms with E-state index in [4.69, 9.17) is 0 Å². The summed E-state index contributed by atoms with van der Waals surface area (Å²) in [6.45, 7) is 4.13. The fourth-order valence-corrected chi connectivity index (χ4v) is 4.32. The third kappa shape index (κ3) is 3.67. The van der Waals surface area contributed by atoms with E-state index in [1.165, 1.54) is 37.9 Å². The lowest BCUT2D eigenvalue weighted by Crippen LogP contribution is -2.13. The summed E-state index contributed by atoms with van der Waals surface area (Å²) >= 11 is 3.10. The Labute approximate surface area is 163 Å². The van der Waals surface area contributed by atoms with E-state index in [0.29, 0.717) is 10.8 Å². The molecule has 5 nitrogen and oxygen atoms in total. The van der Waals surface area contributed by atoms with Crippen molar-refractivity contribution in [2.24, 2.45) is 0 Å². The van der Waals surface area contributed by atoms with Crippen LogP contribution in [0.1, 0.15) is 20.2 Å². The minimum atomic E-state index is -0.338. The fraction of sp³-hybridized carbons (Fsp3) is 0.105.